The van der Waals surface area contributed by atoms with E-state index in [2.05, 4.69) is 82.4 Å². The Morgan fingerprint density at radius 1 is 1.05 bits per heavy atom. The van der Waals surface area contributed by atoms with Crippen molar-refractivity contribution >= 4 is 63.2 Å². The molecule has 20 heavy (non-hydrogen) atoms. The first-order valence-electron chi connectivity index (χ1n) is 8.14. The fourth-order valence-electron chi connectivity index (χ4n) is 3.55. The molecule has 3 rings (SSSR count). The van der Waals surface area contributed by atoms with Gasteiger partial charge in [-0.2, -0.15) is 0 Å². The summed E-state index contributed by atoms with van der Waals surface area (Å²) in [4.78, 5) is 2.53. The predicted octanol–water partition coefficient (Wildman–Crippen LogP) is -0.746. The van der Waals surface area contributed by atoms with Crippen molar-refractivity contribution in [1.29, 1.82) is 0 Å². The summed E-state index contributed by atoms with van der Waals surface area (Å²) in [5.74, 6) is 0.769. The summed E-state index contributed by atoms with van der Waals surface area (Å²) in [5.41, 5.74) is 0. The minimum Gasteiger partial charge on any atom is -0.304 e. The Labute approximate surface area is 132 Å². The van der Waals surface area contributed by atoms with Crippen molar-refractivity contribution in [2.75, 3.05) is 19.6 Å². The summed E-state index contributed by atoms with van der Waals surface area (Å²) in [7, 11) is 18.0. The SMILES string of the molecule is CCN(CC)CCCC1B2[B][B][B][B][B][B][B]C1(C)[B]2. The summed E-state index contributed by atoms with van der Waals surface area (Å²) in [6, 6.07) is 0. The van der Waals surface area contributed by atoms with Crippen LogP contribution >= 0.6 is 0 Å². The quantitative estimate of drug-likeness (QED) is 0.562. The van der Waals surface area contributed by atoms with E-state index in [-0.39, 0.29) is 0 Å². The molecule has 3 aliphatic rings. The van der Waals surface area contributed by atoms with Crippen LogP contribution in [0.3, 0.4) is 0 Å². The summed E-state index contributed by atoms with van der Waals surface area (Å²) in [6.45, 7) is 11.1. The molecule has 0 aromatic carbocycles. The Hall–Kier alpha value is 0.544. The number of nitrogens with zero attached hydrogens (tertiary/aromatic N) is 1. The first-order chi connectivity index (χ1) is 9.69. The van der Waals surface area contributed by atoms with Crippen LogP contribution in [0.25, 0.3) is 0 Å². The van der Waals surface area contributed by atoms with E-state index < -0.39 is 0 Å². The average molecular weight is 252 g/mol. The summed E-state index contributed by atoms with van der Waals surface area (Å²) in [6.07, 6.45) is 2.64. The Morgan fingerprint density at radius 3 is 2.50 bits per heavy atom. The zero-order valence-corrected chi connectivity index (χ0v) is 13.3. The Kier molecular flexibility index (Phi) is 6.97. The molecule has 0 aliphatic carbocycles. The van der Waals surface area contributed by atoms with Crippen LogP contribution in [-0.4, -0.2) is 87.7 Å². The third-order valence-corrected chi connectivity index (χ3v) is 4.93. The van der Waals surface area contributed by atoms with Gasteiger partial charge in [0.25, 0.3) is 0 Å². The Balaban J connectivity index is 1.81. The van der Waals surface area contributed by atoms with Gasteiger partial charge in [-0.25, -0.2) is 0 Å². The van der Waals surface area contributed by atoms with Gasteiger partial charge >= 0.3 is 0 Å². The van der Waals surface area contributed by atoms with Crippen molar-refractivity contribution in [3.8, 4) is 0 Å². The monoisotopic (exact) mass is 253 g/mol. The molecule has 0 N–H and O–H groups in total. The van der Waals surface area contributed by atoms with Crippen LogP contribution in [0.2, 0.25) is 11.0 Å². The molecule has 0 aromatic heterocycles. The molecule has 0 saturated carbocycles. The molecule has 2 atom stereocenters. The van der Waals surface area contributed by atoms with E-state index in [0.29, 0.717) is 11.7 Å². The molecular weight excluding hydrogens is 231 g/mol. The van der Waals surface area contributed by atoms with Crippen molar-refractivity contribution in [3.05, 3.63) is 0 Å². The summed E-state index contributed by atoms with van der Waals surface area (Å²) < 4.78 is 0. The van der Waals surface area contributed by atoms with Gasteiger partial charge in [0.05, 0.1) is 20.8 Å². The second kappa shape index (κ2) is 8.25. The van der Waals surface area contributed by atoms with E-state index >= 15 is 0 Å². The van der Waals surface area contributed by atoms with Gasteiger partial charge in [-0.3, -0.25) is 0 Å². The first-order valence-corrected chi connectivity index (χ1v) is 8.14. The molecule has 0 amide bonds. The van der Waals surface area contributed by atoms with Gasteiger partial charge in [-0.05, 0) is 26.1 Å². The van der Waals surface area contributed by atoms with Crippen LogP contribution < -0.4 is 0 Å². The molecular formula is C10H20B9N. The molecule has 3 saturated heterocycles. The number of rotatable bonds is 6. The summed E-state index contributed by atoms with van der Waals surface area (Å²) >= 11 is 0. The van der Waals surface area contributed by atoms with Crippen LogP contribution in [0, 0.1) is 0 Å². The highest BCUT2D eigenvalue weighted by Crippen LogP contribution is 2.51. The van der Waals surface area contributed by atoms with Crippen LogP contribution in [-0.2, 0) is 0 Å². The van der Waals surface area contributed by atoms with E-state index in [1.54, 1.807) is 0 Å². The van der Waals surface area contributed by atoms with Gasteiger partial charge in [0.15, 0.2) is 0 Å². The standard InChI is InChI=1S/C10H20B9N/c1-4-20(5-2)8-6-7-9-10(3)11-13-14-15-16-17-18-19(9)12-10/h9H,4-8H2,1-3H3. The lowest BCUT2D eigenvalue weighted by Gasteiger charge is -2.54. The van der Waals surface area contributed by atoms with Gasteiger partial charge < -0.3 is 4.90 Å². The minimum absolute atomic E-state index is 0.292. The van der Waals surface area contributed by atoms with Crippen molar-refractivity contribution in [2.24, 2.45) is 0 Å². The number of hydrogen-bond acceptors (Lipinski definition) is 1. The van der Waals surface area contributed by atoms with Gasteiger partial charge in [0.2, 0.25) is 0 Å². The molecule has 2 bridgehead atoms. The smallest absolute Gasteiger partial charge is 0.0608 e. The maximum atomic E-state index is 2.53. The van der Waals surface area contributed by atoms with E-state index in [9.17, 15) is 0 Å². The maximum Gasteiger partial charge on any atom is 0.0608 e. The van der Waals surface area contributed by atoms with Gasteiger partial charge in [0, 0.05) is 42.4 Å². The first kappa shape index (κ1) is 16.9. The highest BCUT2D eigenvalue weighted by atomic mass is 15.1. The lowest BCUT2D eigenvalue weighted by Crippen LogP contribution is -2.62. The average Bonchev–Trinajstić information content (AvgIpc) is 2.46. The van der Waals surface area contributed by atoms with E-state index in [1.165, 1.54) is 32.5 Å². The maximum absolute atomic E-state index is 2.53. The zero-order chi connectivity index (χ0) is 14.4. The van der Waals surface area contributed by atoms with E-state index in [1.807, 2.05) is 0 Å². The molecule has 0 spiro atoms. The molecule has 2 unspecified atom stereocenters. The molecule has 10 heteroatoms. The van der Waals surface area contributed by atoms with Crippen molar-refractivity contribution in [1.82, 2.24) is 4.90 Å². The molecule has 92 valence electrons. The van der Waals surface area contributed by atoms with Crippen LogP contribution in [0.1, 0.15) is 33.6 Å². The second-order valence-electron chi connectivity index (χ2n) is 6.21. The highest BCUT2D eigenvalue weighted by Gasteiger charge is 2.49. The lowest BCUT2D eigenvalue weighted by molar-refractivity contribution is 0.294. The molecule has 0 aromatic rings. The van der Waals surface area contributed by atoms with Crippen LogP contribution in [0.15, 0.2) is 0 Å². The third-order valence-electron chi connectivity index (χ3n) is 4.93. The predicted molar refractivity (Wildman–Crippen MR) is 101 cm³/mol. The van der Waals surface area contributed by atoms with Crippen molar-refractivity contribution in [2.45, 2.75) is 44.6 Å². The Bertz CT molecular complexity index is 286. The van der Waals surface area contributed by atoms with Crippen molar-refractivity contribution in [3.63, 3.8) is 0 Å². The third kappa shape index (κ3) is 4.27. The molecule has 3 aliphatic heterocycles. The second-order valence-corrected chi connectivity index (χ2v) is 6.21. The molecule has 8 radical (unpaired) electrons. The number of fused-ring (bicyclic) bond motifs is 6. The largest absolute Gasteiger partial charge is 0.304 e. The fraction of sp³-hybridized carbons (Fsp3) is 1.00. The fourth-order valence-corrected chi connectivity index (χ4v) is 3.55. The van der Waals surface area contributed by atoms with Gasteiger partial charge in [-0.1, -0.05) is 33.0 Å². The topological polar surface area (TPSA) is 3.24 Å². The Morgan fingerprint density at radius 2 is 1.75 bits per heavy atom. The minimum atomic E-state index is 0.292. The molecule has 1 nitrogen and oxygen atoms in total. The normalized spacial score (nSPS) is 28.0. The molecule has 3 fully saturated rings. The van der Waals surface area contributed by atoms with Crippen LogP contribution in [0.5, 0.6) is 0 Å². The van der Waals surface area contributed by atoms with Crippen LogP contribution in [0.4, 0.5) is 0 Å². The van der Waals surface area contributed by atoms with Gasteiger partial charge in [0.1, 0.15) is 0 Å². The lowest BCUT2D eigenvalue weighted by atomic mass is 8.72. The highest BCUT2D eigenvalue weighted by molar-refractivity contribution is 7.72. The zero-order valence-electron chi connectivity index (χ0n) is 13.3. The summed E-state index contributed by atoms with van der Waals surface area (Å²) in [5, 5.41) is 0.292. The van der Waals surface area contributed by atoms with Gasteiger partial charge in [-0.15, -0.1) is 5.21 Å². The number of hydrogen-bond donors (Lipinski definition) is 0. The molecule has 3 heterocycles. The van der Waals surface area contributed by atoms with E-state index in [4.69, 9.17) is 0 Å². The van der Waals surface area contributed by atoms with Crippen molar-refractivity contribution < 1.29 is 0 Å². The van der Waals surface area contributed by atoms with E-state index in [0.717, 1.165) is 5.82 Å².